The number of nitrogens with zero attached hydrogens (tertiary/aromatic N) is 1. The number of rotatable bonds is 4. The van der Waals surface area contributed by atoms with Gasteiger partial charge in [-0.25, -0.2) is 0 Å². The van der Waals surface area contributed by atoms with Gasteiger partial charge in [0.2, 0.25) is 0 Å². The first-order chi connectivity index (χ1) is 10.8. The fourth-order valence-electron chi connectivity index (χ4n) is 2.26. The number of benzene rings is 1. The molecule has 1 unspecified atom stereocenters. The number of carbonyl (C=O) groups excluding carboxylic acids is 1. The lowest BCUT2D eigenvalue weighted by atomic mass is 10.1. The Morgan fingerprint density at radius 2 is 1.96 bits per heavy atom. The van der Waals surface area contributed by atoms with Crippen molar-refractivity contribution in [3.05, 3.63) is 29.8 Å². The van der Waals surface area contributed by atoms with E-state index in [0.29, 0.717) is 18.1 Å². The molecule has 1 atom stereocenters. The highest BCUT2D eigenvalue weighted by Crippen LogP contribution is 2.25. The molecular formula is C14H14F3NO4S. The number of carboxylic acid groups (broad SMARTS) is 1. The van der Waals surface area contributed by atoms with Crippen LogP contribution in [0.5, 0.6) is 5.75 Å². The minimum Gasteiger partial charge on any atom is -0.481 e. The van der Waals surface area contributed by atoms with Crippen molar-refractivity contribution in [3.8, 4) is 5.75 Å². The van der Waals surface area contributed by atoms with Crippen molar-refractivity contribution in [2.45, 2.75) is 18.8 Å². The van der Waals surface area contributed by atoms with Crippen LogP contribution >= 0.6 is 11.8 Å². The quantitative estimate of drug-likeness (QED) is 0.905. The van der Waals surface area contributed by atoms with Crippen molar-refractivity contribution in [1.82, 2.24) is 4.90 Å². The summed E-state index contributed by atoms with van der Waals surface area (Å²) < 4.78 is 40.1. The highest BCUT2D eigenvalue weighted by Gasteiger charge is 2.32. The molecule has 1 heterocycles. The van der Waals surface area contributed by atoms with Gasteiger partial charge in [-0.2, -0.15) is 11.8 Å². The number of aliphatic carboxylic acids is 1. The smallest absolute Gasteiger partial charge is 0.481 e. The second-order valence-electron chi connectivity index (χ2n) is 4.90. The first kappa shape index (κ1) is 17.5. The summed E-state index contributed by atoms with van der Waals surface area (Å²) in [7, 11) is 0. The zero-order valence-corrected chi connectivity index (χ0v) is 12.7. The molecule has 126 valence electrons. The maximum Gasteiger partial charge on any atom is 0.573 e. The average molecular weight is 349 g/mol. The lowest BCUT2D eigenvalue weighted by molar-refractivity contribution is -0.274. The molecule has 0 saturated carbocycles. The Hall–Kier alpha value is -1.90. The SMILES string of the molecule is O=C(O)CC1CSCCN1C(=O)c1ccc(OC(F)(F)F)cc1. The number of hydrogen-bond donors (Lipinski definition) is 1. The molecule has 0 bridgehead atoms. The van der Waals surface area contributed by atoms with Gasteiger partial charge in [0, 0.05) is 23.6 Å². The molecule has 0 aromatic heterocycles. The standard InChI is InChI=1S/C14H14F3NO4S/c15-14(16,17)22-11-3-1-9(2-4-11)13(21)18-5-6-23-8-10(18)7-12(19)20/h1-4,10H,5-8H2,(H,19,20). The van der Waals surface area contributed by atoms with Crippen LogP contribution in [0, 0.1) is 0 Å². The summed E-state index contributed by atoms with van der Waals surface area (Å²) in [6, 6.07) is 4.17. The number of ether oxygens (including phenoxy) is 1. The zero-order valence-electron chi connectivity index (χ0n) is 11.9. The molecule has 23 heavy (non-hydrogen) atoms. The summed E-state index contributed by atoms with van der Waals surface area (Å²) in [6.07, 6.45) is -4.95. The van der Waals surface area contributed by atoms with Gasteiger partial charge in [0.15, 0.2) is 0 Å². The third-order valence-electron chi connectivity index (χ3n) is 3.23. The van der Waals surface area contributed by atoms with E-state index in [2.05, 4.69) is 4.74 Å². The van der Waals surface area contributed by atoms with E-state index in [4.69, 9.17) is 5.11 Å². The van der Waals surface area contributed by atoms with E-state index in [-0.39, 0.29) is 12.0 Å². The number of hydrogen-bond acceptors (Lipinski definition) is 4. The predicted octanol–water partition coefficient (Wildman–Crippen LogP) is 2.62. The van der Waals surface area contributed by atoms with Crippen molar-refractivity contribution in [2.24, 2.45) is 0 Å². The Labute approximate surface area is 134 Å². The topological polar surface area (TPSA) is 66.8 Å². The van der Waals surface area contributed by atoms with Gasteiger partial charge in [0.05, 0.1) is 12.5 Å². The molecule has 1 aromatic rings. The van der Waals surface area contributed by atoms with E-state index in [0.717, 1.165) is 12.1 Å². The minimum atomic E-state index is -4.79. The Kier molecular flexibility index (Phi) is 5.40. The fraction of sp³-hybridized carbons (Fsp3) is 0.429. The van der Waals surface area contributed by atoms with Gasteiger partial charge in [-0.1, -0.05) is 0 Å². The van der Waals surface area contributed by atoms with Gasteiger partial charge < -0.3 is 14.7 Å². The highest BCUT2D eigenvalue weighted by molar-refractivity contribution is 7.99. The summed E-state index contributed by atoms with van der Waals surface area (Å²) in [6.45, 7) is 0.405. The van der Waals surface area contributed by atoms with Gasteiger partial charge >= 0.3 is 12.3 Å². The summed E-state index contributed by atoms with van der Waals surface area (Å²) in [4.78, 5) is 24.8. The zero-order chi connectivity index (χ0) is 17.0. The minimum absolute atomic E-state index is 0.159. The lowest BCUT2D eigenvalue weighted by Crippen LogP contribution is -2.47. The summed E-state index contributed by atoms with van der Waals surface area (Å²) in [5.41, 5.74) is 0.196. The van der Waals surface area contributed by atoms with Crippen LogP contribution in [0.15, 0.2) is 24.3 Å². The third-order valence-corrected chi connectivity index (χ3v) is 4.33. The predicted molar refractivity (Wildman–Crippen MR) is 77.5 cm³/mol. The molecule has 1 aliphatic heterocycles. The van der Waals surface area contributed by atoms with Crippen LogP contribution in [0.2, 0.25) is 0 Å². The second-order valence-corrected chi connectivity index (χ2v) is 6.05. The third kappa shape index (κ3) is 5.05. The Morgan fingerprint density at radius 1 is 1.30 bits per heavy atom. The molecule has 1 aliphatic rings. The fourth-order valence-corrected chi connectivity index (χ4v) is 3.32. The molecule has 1 saturated heterocycles. The molecule has 0 spiro atoms. The first-order valence-corrected chi connectivity index (χ1v) is 7.88. The molecule has 1 aromatic carbocycles. The van der Waals surface area contributed by atoms with Gasteiger partial charge in [0.1, 0.15) is 5.75 Å². The van der Waals surface area contributed by atoms with E-state index in [1.54, 1.807) is 11.8 Å². The Balaban J connectivity index is 2.10. The monoisotopic (exact) mass is 349 g/mol. The largest absolute Gasteiger partial charge is 0.573 e. The summed E-state index contributed by atoms with van der Waals surface area (Å²) in [5.74, 6) is -0.588. The molecule has 5 nitrogen and oxygen atoms in total. The molecule has 0 radical (unpaired) electrons. The number of carbonyl (C=O) groups is 2. The Bertz CT molecular complexity index is 576. The van der Waals surface area contributed by atoms with Crippen LogP contribution < -0.4 is 4.74 Å². The summed E-state index contributed by atoms with van der Waals surface area (Å²) in [5, 5.41) is 8.91. The second kappa shape index (κ2) is 7.12. The number of alkyl halides is 3. The average Bonchev–Trinajstić information content (AvgIpc) is 2.45. The number of thioether (sulfide) groups is 1. The van der Waals surface area contributed by atoms with Crippen LogP contribution in [-0.2, 0) is 4.79 Å². The van der Waals surface area contributed by atoms with Crippen LogP contribution in [-0.4, -0.2) is 52.3 Å². The van der Waals surface area contributed by atoms with Crippen molar-refractivity contribution < 1.29 is 32.6 Å². The molecule has 9 heteroatoms. The highest BCUT2D eigenvalue weighted by atomic mass is 32.2. The molecule has 1 fully saturated rings. The van der Waals surface area contributed by atoms with E-state index in [1.165, 1.54) is 17.0 Å². The maximum absolute atomic E-state index is 12.4. The number of carboxylic acids is 1. The van der Waals surface area contributed by atoms with Crippen LogP contribution in [0.25, 0.3) is 0 Å². The van der Waals surface area contributed by atoms with Crippen LogP contribution in [0.4, 0.5) is 13.2 Å². The Morgan fingerprint density at radius 3 is 2.52 bits per heavy atom. The molecule has 1 N–H and O–H groups in total. The van der Waals surface area contributed by atoms with Gasteiger partial charge in [-0.05, 0) is 24.3 Å². The molecular weight excluding hydrogens is 335 g/mol. The normalized spacial score (nSPS) is 18.6. The van der Waals surface area contributed by atoms with E-state index < -0.39 is 30.0 Å². The van der Waals surface area contributed by atoms with Crippen molar-refractivity contribution >= 4 is 23.6 Å². The maximum atomic E-state index is 12.4. The van der Waals surface area contributed by atoms with Gasteiger partial charge in [-0.15, -0.1) is 13.2 Å². The van der Waals surface area contributed by atoms with Crippen molar-refractivity contribution in [1.29, 1.82) is 0 Å². The van der Waals surface area contributed by atoms with Gasteiger partial charge in [-0.3, -0.25) is 9.59 Å². The molecule has 1 amide bonds. The van der Waals surface area contributed by atoms with Crippen molar-refractivity contribution in [2.75, 3.05) is 18.1 Å². The molecule has 0 aliphatic carbocycles. The van der Waals surface area contributed by atoms with E-state index in [9.17, 15) is 22.8 Å². The van der Waals surface area contributed by atoms with Crippen LogP contribution in [0.1, 0.15) is 16.8 Å². The first-order valence-electron chi connectivity index (χ1n) is 6.72. The van der Waals surface area contributed by atoms with Crippen molar-refractivity contribution in [3.63, 3.8) is 0 Å². The van der Waals surface area contributed by atoms with E-state index in [1.807, 2.05) is 0 Å². The molecule has 2 rings (SSSR count). The van der Waals surface area contributed by atoms with Gasteiger partial charge in [0.25, 0.3) is 5.91 Å². The summed E-state index contributed by atoms with van der Waals surface area (Å²) >= 11 is 1.57. The van der Waals surface area contributed by atoms with E-state index >= 15 is 0 Å². The number of amides is 1. The lowest BCUT2D eigenvalue weighted by Gasteiger charge is -2.34. The van der Waals surface area contributed by atoms with Crippen LogP contribution in [0.3, 0.4) is 0 Å². The number of halogens is 3.